The second-order valence-corrected chi connectivity index (χ2v) is 3.69. The highest BCUT2D eigenvalue weighted by molar-refractivity contribution is 5.86. The average Bonchev–Trinajstić information content (AvgIpc) is 2.80. The predicted octanol–water partition coefficient (Wildman–Crippen LogP) is 0.769. The Morgan fingerprint density at radius 1 is 1.50 bits per heavy atom. The topological polar surface area (TPSA) is 89.3 Å². The maximum atomic E-state index is 12.7. The molecular weight excluding hydrogens is 267 g/mol. The highest BCUT2D eigenvalue weighted by Crippen LogP contribution is 1.99. The molecule has 0 saturated heterocycles. The number of halogens is 1. The summed E-state index contributed by atoms with van der Waals surface area (Å²) in [7, 11) is 0. The molecule has 1 heterocycles. The van der Waals surface area contributed by atoms with Crippen LogP contribution in [0.25, 0.3) is 0 Å². The number of esters is 1. The molecule has 1 aromatic heterocycles. The molecule has 0 unspecified atom stereocenters. The fourth-order valence-corrected chi connectivity index (χ4v) is 1.37. The molecule has 0 aliphatic carbocycles. The highest BCUT2D eigenvalue weighted by Gasteiger charge is 2.17. The predicted molar refractivity (Wildman–Crippen MR) is 68.2 cm³/mol. The van der Waals surface area contributed by atoms with Crippen LogP contribution in [0.15, 0.2) is 34.2 Å². The first-order valence-corrected chi connectivity index (χ1v) is 5.76. The van der Waals surface area contributed by atoms with Crippen molar-refractivity contribution in [1.29, 1.82) is 0 Å². The molecule has 20 heavy (non-hydrogen) atoms. The van der Waals surface area contributed by atoms with E-state index in [-0.39, 0.29) is 18.1 Å². The van der Waals surface area contributed by atoms with Gasteiger partial charge < -0.3 is 4.74 Å². The highest BCUT2D eigenvalue weighted by atomic mass is 19.1. The Morgan fingerprint density at radius 3 is 2.85 bits per heavy atom. The summed E-state index contributed by atoms with van der Waals surface area (Å²) < 4.78 is 17.4. The van der Waals surface area contributed by atoms with Gasteiger partial charge in [0.1, 0.15) is 5.82 Å². The van der Waals surface area contributed by atoms with Crippen molar-refractivity contribution in [1.82, 2.24) is 15.1 Å². The standard InChI is InChI=1S/C12H11FN4O3/c1-2-20-12(19)10-11(18)17(16-15-10)14-7-8-3-5-9(13)6-4-8/h3-7,16H,2H2,1H3. The molecule has 0 bridgehead atoms. The number of H-pyrrole nitrogens is 1. The molecule has 0 atom stereocenters. The summed E-state index contributed by atoms with van der Waals surface area (Å²) in [5, 5.41) is 9.61. The minimum Gasteiger partial charge on any atom is -0.461 e. The van der Waals surface area contributed by atoms with Crippen LogP contribution in [0.4, 0.5) is 4.39 Å². The summed E-state index contributed by atoms with van der Waals surface area (Å²) in [4.78, 5) is 23.9. The smallest absolute Gasteiger partial charge is 0.364 e. The Hall–Kier alpha value is -2.77. The van der Waals surface area contributed by atoms with Crippen molar-refractivity contribution in [2.75, 3.05) is 6.61 Å². The lowest BCUT2D eigenvalue weighted by Gasteiger charge is -1.94. The summed E-state index contributed by atoms with van der Waals surface area (Å²) in [5.41, 5.74) is -0.504. The van der Waals surface area contributed by atoms with E-state index in [2.05, 4.69) is 20.2 Å². The molecule has 0 aliphatic rings. The molecule has 0 fully saturated rings. The van der Waals surface area contributed by atoms with Gasteiger partial charge in [-0.2, -0.15) is 10.3 Å². The van der Waals surface area contributed by atoms with Gasteiger partial charge in [-0.25, -0.2) is 9.18 Å². The van der Waals surface area contributed by atoms with E-state index >= 15 is 0 Å². The van der Waals surface area contributed by atoms with Crippen LogP contribution in [0.3, 0.4) is 0 Å². The summed E-state index contributed by atoms with van der Waals surface area (Å²) in [6.07, 6.45) is 1.33. The van der Waals surface area contributed by atoms with Crippen molar-refractivity contribution < 1.29 is 13.9 Å². The van der Waals surface area contributed by atoms with Gasteiger partial charge in [-0.1, -0.05) is 12.1 Å². The lowest BCUT2D eigenvalue weighted by atomic mass is 10.2. The molecule has 0 amide bonds. The van der Waals surface area contributed by atoms with Crippen LogP contribution < -0.4 is 5.56 Å². The number of hydrogen-bond acceptors (Lipinski definition) is 5. The Morgan fingerprint density at radius 2 is 2.20 bits per heavy atom. The third-order valence-corrected chi connectivity index (χ3v) is 2.31. The molecule has 1 N–H and O–H groups in total. The van der Waals surface area contributed by atoms with E-state index in [1.807, 2.05) is 0 Å². The molecule has 8 heteroatoms. The van der Waals surface area contributed by atoms with Gasteiger partial charge in [0.25, 0.3) is 0 Å². The Kier molecular flexibility index (Phi) is 4.04. The third kappa shape index (κ3) is 2.97. The molecule has 0 spiro atoms. The van der Waals surface area contributed by atoms with Gasteiger partial charge >= 0.3 is 11.5 Å². The number of ether oxygens (including phenoxy) is 1. The fourth-order valence-electron chi connectivity index (χ4n) is 1.37. The molecule has 1 aromatic carbocycles. The number of hydrogen-bond donors (Lipinski definition) is 1. The SMILES string of the molecule is CCOC(=O)c1n[nH]n(N=Cc2ccc(F)cc2)c1=O. The molecule has 0 aliphatic heterocycles. The molecule has 2 rings (SSSR count). The maximum absolute atomic E-state index is 12.7. The van der Waals surface area contributed by atoms with Gasteiger partial charge in [0.05, 0.1) is 12.8 Å². The van der Waals surface area contributed by atoms with Crippen molar-refractivity contribution in [2.24, 2.45) is 5.10 Å². The van der Waals surface area contributed by atoms with Gasteiger partial charge in [0, 0.05) is 0 Å². The largest absolute Gasteiger partial charge is 0.461 e. The molecular formula is C12H11FN4O3. The summed E-state index contributed by atoms with van der Waals surface area (Å²) in [5.74, 6) is -1.19. The second kappa shape index (κ2) is 5.91. The van der Waals surface area contributed by atoms with Crippen LogP contribution in [0.2, 0.25) is 0 Å². The van der Waals surface area contributed by atoms with E-state index in [9.17, 15) is 14.0 Å². The quantitative estimate of drug-likeness (QED) is 0.660. The minimum absolute atomic E-state index is 0.143. The van der Waals surface area contributed by atoms with E-state index in [4.69, 9.17) is 0 Å². The van der Waals surface area contributed by atoms with Crippen LogP contribution in [-0.4, -0.2) is 33.9 Å². The number of nitrogens with one attached hydrogen (secondary N) is 1. The summed E-state index contributed by atoms with van der Waals surface area (Å²) >= 11 is 0. The van der Waals surface area contributed by atoms with Crippen LogP contribution in [0, 0.1) is 5.82 Å². The van der Waals surface area contributed by atoms with E-state index in [0.29, 0.717) is 5.56 Å². The van der Waals surface area contributed by atoms with E-state index in [1.165, 1.54) is 30.5 Å². The Labute approximate surface area is 112 Å². The first-order valence-electron chi connectivity index (χ1n) is 5.76. The number of rotatable bonds is 4. The minimum atomic E-state index is -0.815. The third-order valence-electron chi connectivity index (χ3n) is 2.31. The molecule has 2 aromatic rings. The van der Waals surface area contributed by atoms with Gasteiger partial charge in [-0.05, 0) is 24.6 Å². The maximum Gasteiger partial charge on any atom is 0.364 e. The average molecular weight is 278 g/mol. The number of nitrogens with zero attached hydrogens (tertiary/aromatic N) is 3. The van der Waals surface area contributed by atoms with Gasteiger partial charge in [-0.15, -0.1) is 9.89 Å². The van der Waals surface area contributed by atoms with Crippen LogP contribution in [0.1, 0.15) is 23.0 Å². The van der Waals surface area contributed by atoms with Crippen LogP contribution in [-0.2, 0) is 4.74 Å². The first-order chi connectivity index (χ1) is 9.61. The monoisotopic (exact) mass is 278 g/mol. The Bertz CT molecular complexity index is 687. The van der Waals surface area contributed by atoms with E-state index in [1.54, 1.807) is 6.92 Å². The molecule has 7 nitrogen and oxygen atoms in total. The fraction of sp³-hybridized carbons (Fsp3) is 0.167. The number of aromatic nitrogens is 3. The number of carbonyl (C=O) groups is 1. The molecule has 0 radical (unpaired) electrons. The van der Waals surface area contributed by atoms with Crippen molar-refractivity contribution in [3.63, 3.8) is 0 Å². The summed E-state index contributed by atoms with van der Waals surface area (Å²) in [6, 6.07) is 5.52. The summed E-state index contributed by atoms with van der Waals surface area (Å²) in [6.45, 7) is 1.76. The van der Waals surface area contributed by atoms with Gasteiger partial charge in [0.2, 0.25) is 5.69 Å². The molecule has 104 valence electrons. The zero-order valence-electron chi connectivity index (χ0n) is 10.5. The number of carbonyl (C=O) groups excluding carboxylic acids is 1. The van der Waals surface area contributed by atoms with Gasteiger partial charge in [0.15, 0.2) is 0 Å². The van der Waals surface area contributed by atoms with Crippen molar-refractivity contribution >= 4 is 12.2 Å². The zero-order valence-corrected chi connectivity index (χ0v) is 10.5. The van der Waals surface area contributed by atoms with E-state index < -0.39 is 11.5 Å². The van der Waals surface area contributed by atoms with Crippen LogP contribution >= 0.6 is 0 Å². The normalized spacial score (nSPS) is 10.9. The number of aromatic amines is 1. The lowest BCUT2D eigenvalue weighted by molar-refractivity contribution is 0.0517. The van der Waals surface area contributed by atoms with Crippen molar-refractivity contribution in [3.8, 4) is 0 Å². The molecule has 0 saturated carbocycles. The first kappa shape index (κ1) is 13.7. The Balaban J connectivity index is 2.20. The lowest BCUT2D eigenvalue weighted by Crippen LogP contribution is -2.20. The van der Waals surface area contributed by atoms with Crippen LogP contribution in [0.5, 0.6) is 0 Å². The van der Waals surface area contributed by atoms with Crippen molar-refractivity contribution in [2.45, 2.75) is 6.92 Å². The van der Waals surface area contributed by atoms with E-state index in [0.717, 1.165) is 4.79 Å². The van der Waals surface area contributed by atoms with Gasteiger partial charge in [-0.3, -0.25) is 4.79 Å². The second-order valence-electron chi connectivity index (χ2n) is 3.69. The zero-order chi connectivity index (χ0) is 14.5. The van der Waals surface area contributed by atoms with Crippen molar-refractivity contribution in [3.05, 3.63) is 51.7 Å². The number of benzene rings is 1.